The number of allylic oxidation sites excluding steroid dienone is 1. The monoisotopic (exact) mass is 493 g/mol. The second kappa shape index (κ2) is 10.6. The second-order valence-electron chi connectivity index (χ2n) is 7.23. The van der Waals surface area contributed by atoms with Crippen molar-refractivity contribution >= 4 is 44.9 Å². The maximum atomic E-state index is 13.2. The van der Waals surface area contributed by atoms with Gasteiger partial charge in [0.2, 0.25) is 5.91 Å². The number of methoxy groups -OCH3 is 2. The Balaban J connectivity index is 1.58. The normalized spacial score (nSPS) is 10.8. The van der Waals surface area contributed by atoms with Crippen molar-refractivity contribution in [3.05, 3.63) is 77.6 Å². The number of fused-ring (bicyclic) bond motifs is 1. The fourth-order valence-electron chi connectivity index (χ4n) is 3.34. The summed E-state index contributed by atoms with van der Waals surface area (Å²) in [6, 6.07) is 16.9. The SMILES string of the molecule is C=CCn1c(SCC(=O)Nc2cc(OC)cc(OC)c2)nc2cc(-c3ccccc3)sc2c1=O. The lowest BCUT2D eigenvalue weighted by atomic mass is 10.2. The van der Waals surface area contributed by atoms with Gasteiger partial charge in [-0.05, 0) is 11.6 Å². The molecule has 174 valence electrons. The Bertz CT molecular complexity index is 1370. The number of thioether (sulfide) groups is 1. The fraction of sp³-hybridized carbons (Fsp3) is 0.160. The number of carbonyl (C=O) groups is 1. The molecule has 2 heterocycles. The van der Waals surface area contributed by atoms with Crippen LogP contribution in [0, 0.1) is 0 Å². The van der Waals surface area contributed by atoms with E-state index in [-0.39, 0.29) is 17.2 Å². The molecule has 7 nitrogen and oxygen atoms in total. The maximum absolute atomic E-state index is 13.2. The van der Waals surface area contributed by atoms with Crippen LogP contribution in [0.5, 0.6) is 11.5 Å². The number of aromatic nitrogens is 2. The van der Waals surface area contributed by atoms with E-state index in [1.165, 1.54) is 23.1 Å². The van der Waals surface area contributed by atoms with Gasteiger partial charge >= 0.3 is 0 Å². The highest BCUT2D eigenvalue weighted by atomic mass is 32.2. The van der Waals surface area contributed by atoms with Crippen molar-refractivity contribution < 1.29 is 14.3 Å². The van der Waals surface area contributed by atoms with Gasteiger partial charge in [-0.2, -0.15) is 0 Å². The molecule has 2 aromatic heterocycles. The smallest absolute Gasteiger partial charge is 0.272 e. The molecule has 0 spiro atoms. The molecular weight excluding hydrogens is 470 g/mol. The minimum Gasteiger partial charge on any atom is -0.497 e. The van der Waals surface area contributed by atoms with Gasteiger partial charge in [0, 0.05) is 35.3 Å². The molecular formula is C25H23N3O4S2. The van der Waals surface area contributed by atoms with Crippen LogP contribution in [0.1, 0.15) is 0 Å². The average Bonchev–Trinajstić information content (AvgIpc) is 3.29. The van der Waals surface area contributed by atoms with Gasteiger partial charge in [-0.15, -0.1) is 17.9 Å². The first-order valence-electron chi connectivity index (χ1n) is 10.4. The van der Waals surface area contributed by atoms with Crippen LogP contribution in [0.4, 0.5) is 5.69 Å². The Morgan fingerprint density at radius 3 is 2.50 bits per heavy atom. The molecule has 4 rings (SSSR count). The summed E-state index contributed by atoms with van der Waals surface area (Å²) in [5.41, 5.74) is 2.06. The number of rotatable bonds is 9. The zero-order chi connectivity index (χ0) is 24.1. The molecule has 0 radical (unpaired) electrons. The molecule has 1 amide bonds. The second-order valence-corrected chi connectivity index (χ2v) is 9.22. The number of thiophene rings is 1. The lowest BCUT2D eigenvalue weighted by Gasteiger charge is -2.11. The highest BCUT2D eigenvalue weighted by Gasteiger charge is 2.16. The summed E-state index contributed by atoms with van der Waals surface area (Å²) in [6.07, 6.45) is 1.65. The third-order valence-electron chi connectivity index (χ3n) is 4.94. The number of nitrogens with zero attached hydrogens (tertiary/aromatic N) is 2. The lowest BCUT2D eigenvalue weighted by Crippen LogP contribution is -2.23. The molecule has 0 aliphatic rings. The molecule has 1 N–H and O–H groups in total. The van der Waals surface area contributed by atoms with E-state index in [1.807, 2.05) is 36.4 Å². The van der Waals surface area contributed by atoms with Crippen LogP contribution < -0.4 is 20.3 Å². The topological polar surface area (TPSA) is 82.5 Å². The molecule has 0 bridgehead atoms. The van der Waals surface area contributed by atoms with E-state index in [4.69, 9.17) is 14.5 Å². The van der Waals surface area contributed by atoms with E-state index in [1.54, 1.807) is 43.1 Å². The summed E-state index contributed by atoms with van der Waals surface area (Å²) in [4.78, 5) is 31.5. The number of anilines is 1. The number of benzene rings is 2. The summed E-state index contributed by atoms with van der Waals surface area (Å²) in [5.74, 6) is 0.974. The Labute approximate surface area is 205 Å². The standard InChI is InChI=1S/C25H23N3O4S2/c1-4-10-28-24(30)23-20(14-21(34-23)16-8-6-5-7-9-16)27-25(28)33-15-22(29)26-17-11-18(31-2)13-19(12-17)32-3/h4-9,11-14H,1,10,15H2,2-3H3,(H,26,29). The Kier molecular flexibility index (Phi) is 7.34. The van der Waals surface area contributed by atoms with Crippen LogP contribution in [0.15, 0.2) is 77.2 Å². The molecule has 0 saturated heterocycles. The third-order valence-corrected chi connectivity index (χ3v) is 7.07. The molecule has 9 heteroatoms. The fourth-order valence-corrected chi connectivity index (χ4v) is 5.20. The minimum atomic E-state index is -0.241. The first-order chi connectivity index (χ1) is 16.5. The van der Waals surface area contributed by atoms with Crippen molar-refractivity contribution in [3.63, 3.8) is 0 Å². The molecule has 0 atom stereocenters. The van der Waals surface area contributed by atoms with Gasteiger partial charge in [-0.1, -0.05) is 48.2 Å². The summed E-state index contributed by atoms with van der Waals surface area (Å²) < 4.78 is 12.6. The largest absolute Gasteiger partial charge is 0.497 e. The zero-order valence-electron chi connectivity index (χ0n) is 18.7. The summed E-state index contributed by atoms with van der Waals surface area (Å²) >= 11 is 2.62. The molecule has 0 unspecified atom stereocenters. The first-order valence-corrected chi connectivity index (χ1v) is 12.2. The van der Waals surface area contributed by atoms with Gasteiger partial charge in [-0.25, -0.2) is 4.98 Å². The lowest BCUT2D eigenvalue weighted by molar-refractivity contribution is -0.113. The van der Waals surface area contributed by atoms with Crippen LogP contribution in [0.2, 0.25) is 0 Å². The van der Waals surface area contributed by atoms with E-state index >= 15 is 0 Å². The third kappa shape index (κ3) is 5.16. The highest BCUT2D eigenvalue weighted by Crippen LogP contribution is 2.32. The molecule has 0 aliphatic carbocycles. The van der Waals surface area contributed by atoms with E-state index in [9.17, 15) is 9.59 Å². The van der Waals surface area contributed by atoms with E-state index in [2.05, 4.69) is 11.9 Å². The molecule has 0 aliphatic heterocycles. The predicted octanol–water partition coefficient (Wildman–Crippen LogP) is 5.06. The van der Waals surface area contributed by atoms with Crippen LogP contribution >= 0.6 is 23.1 Å². The number of ether oxygens (including phenoxy) is 2. The van der Waals surface area contributed by atoms with Crippen LogP contribution in [-0.2, 0) is 11.3 Å². The van der Waals surface area contributed by atoms with Gasteiger partial charge in [0.25, 0.3) is 5.56 Å². The van der Waals surface area contributed by atoms with Crippen LogP contribution in [0.3, 0.4) is 0 Å². The minimum absolute atomic E-state index is 0.0737. The van der Waals surface area contributed by atoms with E-state index in [0.717, 1.165) is 10.4 Å². The number of hydrogen-bond acceptors (Lipinski definition) is 7. The zero-order valence-corrected chi connectivity index (χ0v) is 20.4. The van der Waals surface area contributed by atoms with Crippen LogP contribution in [0.25, 0.3) is 20.7 Å². The highest BCUT2D eigenvalue weighted by molar-refractivity contribution is 7.99. The molecule has 0 fully saturated rings. The van der Waals surface area contributed by atoms with Crippen molar-refractivity contribution in [1.29, 1.82) is 0 Å². The summed E-state index contributed by atoms with van der Waals surface area (Å²) in [6.45, 7) is 4.06. The molecule has 34 heavy (non-hydrogen) atoms. The van der Waals surface area contributed by atoms with Crippen LogP contribution in [-0.4, -0.2) is 35.4 Å². The van der Waals surface area contributed by atoms with Gasteiger partial charge < -0.3 is 14.8 Å². The maximum Gasteiger partial charge on any atom is 0.272 e. The summed E-state index contributed by atoms with van der Waals surface area (Å²) in [5, 5.41) is 3.30. The Morgan fingerprint density at radius 1 is 1.15 bits per heavy atom. The molecule has 4 aromatic rings. The van der Waals surface area contributed by atoms with Gasteiger partial charge in [0.05, 0.1) is 25.5 Å². The first kappa shape index (κ1) is 23.6. The number of nitrogens with one attached hydrogen (secondary N) is 1. The predicted molar refractivity (Wildman–Crippen MR) is 138 cm³/mol. The Morgan fingerprint density at radius 2 is 1.85 bits per heavy atom. The Hall–Kier alpha value is -3.56. The molecule has 0 saturated carbocycles. The van der Waals surface area contributed by atoms with Crippen molar-refractivity contribution in [2.24, 2.45) is 0 Å². The van der Waals surface area contributed by atoms with Crippen molar-refractivity contribution in [2.75, 3.05) is 25.3 Å². The molecule has 2 aromatic carbocycles. The number of amides is 1. The quantitative estimate of drug-likeness (QED) is 0.199. The van der Waals surface area contributed by atoms with Gasteiger partial charge in [0.1, 0.15) is 16.2 Å². The number of carbonyl (C=O) groups excluding carboxylic acids is 1. The average molecular weight is 494 g/mol. The van der Waals surface area contributed by atoms with Crippen molar-refractivity contribution in [1.82, 2.24) is 9.55 Å². The summed E-state index contributed by atoms with van der Waals surface area (Å²) in [7, 11) is 3.09. The van der Waals surface area contributed by atoms with Gasteiger partial charge in [-0.3, -0.25) is 14.2 Å². The van der Waals surface area contributed by atoms with E-state index < -0.39 is 0 Å². The van der Waals surface area contributed by atoms with Crippen molar-refractivity contribution in [3.8, 4) is 21.9 Å². The van der Waals surface area contributed by atoms with E-state index in [0.29, 0.717) is 39.1 Å². The van der Waals surface area contributed by atoms with Crippen molar-refractivity contribution in [2.45, 2.75) is 11.7 Å². The van der Waals surface area contributed by atoms with Gasteiger partial charge in [0.15, 0.2) is 5.16 Å². The number of hydrogen-bond donors (Lipinski definition) is 1.